The molecule has 0 aromatic rings. The summed E-state index contributed by atoms with van der Waals surface area (Å²) in [5, 5.41) is 0. The molecule has 0 atom stereocenters. The van der Waals surface area contributed by atoms with Gasteiger partial charge in [-0.2, -0.15) is 0 Å². The van der Waals surface area contributed by atoms with Crippen molar-refractivity contribution in [1.29, 1.82) is 0 Å². The lowest BCUT2D eigenvalue weighted by Crippen LogP contribution is -2.15. The zero-order chi connectivity index (χ0) is 9.30. The van der Waals surface area contributed by atoms with Gasteiger partial charge in [-0.3, -0.25) is 9.59 Å². The monoisotopic (exact) mass is 230 g/mol. The molecule has 1 aliphatic rings. The molecule has 4 heteroatoms. The van der Waals surface area contributed by atoms with Crippen molar-refractivity contribution < 1.29 is 14.3 Å². The number of Topliss-reactive ketones (excluding diaryl/α,β-unsaturated/α-hetero) is 1. The summed E-state index contributed by atoms with van der Waals surface area (Å²) < 4.78 is 5.00. The van der Waals surface area contributed by atoms with Crippen LogP contribution in [0.15, 0.2) is 21.9 Å². The zero-order valence-corrected chi connectivity index (χ0v) is 8.27. The van der Waals surface area contributed by atoms with Crippen molar-refractivity contribution in [3.05, 3.63) is 21.9 Å². The maximum Gasteiger partial charge on any atom is 0.235 e. The molecule has 0 unspecified atom stereocenters. The number of methoxy groups -OCH3 is 1. The summed E-state index contributed by atoms with van der Waals surface area (Å²) in [7, 11) is 1.36. The minimum atomic E-state index is -0.283. The highest BCUT2D eigenvalue weighted by atomic mass is 79.9. The molecule has 1 rings (SSSR count). The first-order valence-electron chi connectivity index (χ1n) is 3.29. The van der Waals surface area contributed by atoms with E-state index >= 15 is 0 Å². The van der Waals surface area contributed by atoms with E-state index in [1.165, 1.54) is 13.2 Å². The van der Waals surface area contributed by atoms with Crippen LogP contribution in [0.25, 0.3) is 0 Å². The van der Waals surface area contributed by atoms with E-state index in [-0.39, 0.29) is 21.8 Å². The Balaban J connectivity index is 3.13. The number of hydrogen-bond acceptors (Lipinski definition) is 3. The number of halogens is 1. The predicted molar refractivity (Wildman–Crippen MR) is 46.7 cm³/mol. The molecule has 64 valence electrons. The van der Waals surface area contributed by atoms with E-state index < -0.39 is 0 Å². The molecule has 0 aromatic heterocycles. The van der Waals surface area contributed by atoms with Gasteiger partial charge in [-0.25, -0.2) is 0 Å². The molecule has 0 fully saturated rings. The summed E-state index contributed by atoms with van der Waals surface area (Å²) in [6, 6.07) is 0. The smallest absolute Gasteiger partial charge is 0.235 e. The maximum atomic E-state index is 11.3. The van der Waals surface area contributed by atoms with Crippen LogP contribution in [0.1, 0.15) is 6.92 Å². The third-order valence-corrected chi connectivity index (χ3v) is 2.56. The van der Waals surface area contributed by atoms with Crippen molar-refractivity contribution in [1.82, 2.24) is 0 Å². The summed E-state index contributed by atoms with van der Waals surface area (Å²) in [6.07, 6.45) is 1.20. The van der Waals surface area contributed by atoms with Gasteiger partial charge in [0.2, 0.25) is 5.78 Å². The molecule has 12 heavy (non-hydrogen) atoms. The molecule has 0 aliphatic heterocycles. The van der Waals surface area contributed by atoms with E-state index in [0.717, 1.165) is 0 Å². The first-order chi connectivity index (χ1) is 5.57. The highest BCUT2D eigenvalue weighted by Gasteiger charge is 2.24. The molecule has 0 radical (unpaired) electrons. The van der Waals surface area contributed by atoms with Crippen LogP contribution in [0.2, 0.25) is 0 Å². The third kappa shape index (κ3) is 1.34. The SMILES string of the molecule is COC1=CC(=O)C(C)=C(Br)C1=O. The van der Waals surface area contributed by atoms with Gasteiger partial charge in [-0.05, 0) is 22.9 Å². The molecule has 0 bridgehead atoms. The van der Waals surface area contributed by atoms with Crippen LogP contribution in [-0.4, -0.2) is 18.7 Å². The van der Waals surface area contributed by atoms with Gasteiger partial charge >= 0.3 is 0 Å². The van der Waals surface area contributed by atoms with E-state index in [9.17, 15) is 9.59 Å². The molecule has 0 heterocycles. The van der Waals surface area contributed by atoms with Gasteiger partial charge in [0, 0.05) is 11.6 Å². The number of carbonyl (C=O) groups excluding carboxylic acids is 2. The van der Waals surface area contributed by atoms with E-state index in [0.29, 0.717) is 5.57 Å². The van der Waals surface area contributed by atoms with Crippen LogP contribution >= 0.6 is 15.9 Å². The fraction of sp³-hybridized carbons (Fsp3) is 0.250. The van der Waals surface area contributed by atoms with E-state index in [1.54, 1.807) is 6.92 Å². The van der Waals surface area contributed by atoms with Gasteiger partial charge in [-0.15, -0.1) is 0 Å². The second kappa shape index (κ2) is 3.23. The van der Waals surface area contributed by atoms with Gasteiger partial charge in [-0.1, -0.05) is 0 Å². The van der Waals surface area contributed by atoms with Crippen molar-refractivity contribution in [2.75, 3.05) is 7.11 Å². The second-order valence-corrected chi connectivity index (χ2v) is 3.14. The number of rotatable bonds is 1. The lowest BCUT2D eigenvalue weighted by Gasteiger charge is -2.10. The minimum absolute atomic E-state index is 0.0810. The Hall–Kier alpha value is -0.900. The second-order valence-electron chi connectivity index (χ2n) is 2.35. The topological polar surface area (TPSA) is 43.4 Å². The number of allylic oxidation sites excluding steroid dienone is 3. The average molecular weight is 231 g/mol. The van der Waals surface area contributed by atoms with Gasteiger partial charge in [0.15, 0.2) is 11.5 Å². The molecule has 3 nitrogen and oxygen atoms in total. The first kappa shape index (κ1) is 9.19. The van der Waals surface area contributed by atoms with Gasteiger partial charge in [0.1, 0.15) is 0 Å². The maximum absolute atomic E-state index is 11.3. The Bertz CT molecular complexity index is 312. The fourth-order valence-corrected chi connectivity index (χ4v) is 1.22. The Morgan fingerprint density at radius 1 is 1.42 bits per heavy atom. The lowest BCUT2D eigenvalue weighted by atomic mass is 10.0. The minimum Gasteiger partial charge on any atom is -0.492 e. The van der Waals surface area contributed by atoms with E-state index in [4.69, 9.17) is 4.74 Å². The van der Waals surface area contributed by atoms with Crippen LogP contribution in [0.5, 0.6) is 0 Å². The summed E-state index contributed by atoms with van der Waals surface area (Å²) >= 11 is 3.03. The third-order valence-electron chi connectivity index (χ3n) is 1.60. The number of hydrogen-bond donors (Lipinski definition) is 0. The van der Waals surface area contributed by atoms with Crippen molar-refractivity contribution >= 4 is 27.5 Å². The Morgan fingerprint density at radius 2 is 2.00 bits per heavy atom. The standard InChI is InChI=1S/C8H7BrO3/c1-4-5(10)3-6(12-2)8(11)7(4)9/h3H,1-2H3. The summed E-state index contributed by atoms with van der Waals surface area (Å²) in [6.45, 7) is 1.59. The van der Waals surface area contributed by atoms with Crippen LogP contribution < -0.4 is 0 Å². The molecule has 0 amide bonds. The Labute approximate surface area is 78.2 Å². The number of ketones is 2. The summed E-state index contributed by atoms with van der Waals surface area (Å²) in [4.78, 5) is 22.4. The normalized spacial score (nSPS) is 18.1. The van der Waals surface area contributed by atoms with Crippen molar-refractivity contribution in [2.24, 2.45) is 0 Å². The predicted octanol–water partition coefficient (Wildman–Crippen LogP) is 1.34. The molecule has 1 aliphatic carbocycles. The molecular formula is C8H7BrO3. The van der Waals surface area contributed by atoms with Crippen LogP contribution in [0.3, 0.4) is 0 Å². The van der Waals surface area contributed by atoms with Gasteiger partial charge in [0.25, 0.3) is 0 Å². The highest BCUT2D eigenvalue weighted by Crippen LogP contribution is 2.23. The van der Waals surface area contributed by atoms with Crippen molar-refractivity contribution in [3.8, 4) is 0 Å². The molecule has 0 N–H and O–H groups in total. The first-order valence-corrected chi connectivity index (χ1v) is 4.08. The summed E-state index contributed by atoms with van der Waals surface area (Å²) in [5.74, 6) is -0.398. The van der Waals surface area contributed by atoms with Crippen molar-refractivity contribution in [2.45, 2.75) is 6.92 Å². The van der Waals surface area contributed by atoms with Crippen LogP contribution in [0, 0.1) is 0 Å². The number of carbonyl (C=O) groups is 2. The fourth-order valence-electron chi connectivity index (χ4n) is 0.831. The quantitative estimate of drug-likeness (QED) is 0.639. The summed E-state index contributed by atoms with van der Waals surface area (Å²) in [5.41, 5.74) is 0.417. The average Bonchev–Trinajstić information content (AvgIpc) is 2.08. The number of ether oxygens (including phenoxy) is 1. The molecule has 0 saturated carbocycles. The van der Waals surface area contributed by atoms with Crippen LogP contribution in [-0.2, 0) is 14.3 Å². The van der Waals surface area contributed by atoms with E-state index in [1.807, 2.05) is 0 Å². The molecule has 0 saturated heterocycles. The molecule has 0 spiro atoms. The largest absolute Gasteiger partial charge is 0.492 e. The molecule has 0 aromatic carbocycles. The van der Waals surface area contributed by atoms with Crippen molar-refractivity contribution in [3.63, 3.8) is 0 Å². The molecular weight excluding hydrogens is 224 g/mol. The zero-order valence-electron chi connectivity index (χ0n) is 6.68. The lowest BCUT2D eigenvalue weighted by molar-refractivity contribution is -0.117. The van der Waals surface area contributed by atoms with Crippen LogP contribution in [0.4, 0.5) is 0 Å². The Kier molecular flexibility index (Phi) is 2.47. The van der Waals surface area contributed by atoms with E-state index in [2.05, 4.69) is 15.9 Å². The van der Waals surface area contributed by atoms with Gasteiger partial charge < -0.3 is 4.74 Å². The van der Waals surface area contributed by atoms with Gasteiger partial charge in [0.05, 0.1) is 11.6 Å². The Morgan fingerprint density at radius 3 is 2.50 bits per heavy atom. The highest BCUT2D eigenvalue weighted by molar-refractivity contribution is 9.12.